The molecule has 0 radical (unpaired) electrons. The summed E-state index contributed by atoms with van der Waals surface area (Å²) in [7, 11) is 0. The fourth-order valence-corrected chi connectivity index (χ4v) is 3.22. The average Bonchev–Trinajstić information content (AvgIpc) is 3.11. The molecule has 2 aliphatic heterocycles. The van der Waals surface area contributed by atoms with E-state index in [0.717, 1.165) is 0 Å². The fraction of sp³-hybridized carbons (Fsp3) is 0.750. The maximum Gasteiger partial charge on any atom is 0.325 e. The van der Waals surface area contributed by atoms with Crippen LogP contribution >= 0.6 is 0 Å². The molecule has 2 aliphatic rings. The molecule has 0 aliphatic carbocycles. The van der Waals surface area contributed by atoms with Crippen molar-refractivity contribution >= 4 is 11.9 Å². The number of amides is 3. The van der Waals surface area contributed by atoms with Gasteiger partial charge in [0.1, 0.15) is 5.54 Å². The summed E-state index contributed by atoms with van der Waals surface area (Å²) in [5, 5.41) is 11.1. The van der Waals surface area contributed by atoms with Gasteiger partial charge in [0.25, 0.3) is 5.91 Å². The summed E-state index contributed by atoms with van der Waals surface area (Å²) < 4.78 is 5.72. The number of hydrogen-bond donors (Lipinski definition) is 1. The zero-order valence-corrected chi connectivity index (χ0v) is 14.9. The van der Waals surface area contributed by atoms with Crippen molar-refractivity contribution in [2.24, 2.45) is 0 Å². The van der Waals surface area contributed by atoms with Crippen molar-refractivity contribution in [2.75, 3.05) is 13.1 Å². The van der Waals surface area contributed by atoms with E-state index in [1.165, 1.54) is 4.90 Å². The van der Waals surface area contributed by atoms with Gasteiger partial charge >= 0.3 is 6.03 Å². The first-order chi connectivity index (χ1) is 11.1. The number of rotatable bonds is 3. The van der Waals surface area contributed by atoms with Crippen molar-refractivity contribution in [2.45, 2.75) is 64.6 Å². The SMILES string of the molecule is CC(C)N1C(=O)N[C@@]2(CCN(Cc3nnc(C(C)(C)C)o3)C2)C1=O. The molecule has 0 unspecified atom stereocenters. The summed E-state index contributed by atoms with van der Waals surface area (Å²) in [5.74, 6) is 1.00. The van der Waals surface area contributed by atoms with Gasteiger partial charge in [0.05, 0.1) is 6.54 Å². The minimum absolute atomic E-state index is 0.133. The molecule has 1 aromatic rings. The molecular formula is C16H25N5O3. The normalized spacial score (nSPS) is 25.3. The Morgan fingerprint density at radius 2 is 2.00 bits per heavy atom. The lowest BCUT2D eigenvalue weighted by atomic mass is 9.97. The Kier molecular flexibility index (Phi) is 3.90. The zero-order chi connectivity index (χ0) is 17.7. The second-order valence-corrected chi connectivity index (χ2v) is 7.99. The molecule has 132 valence electrons. The quantitative estimate of drug-likeness (QED) is 0.837. The van der Waals surface area contributed by atoms with Crippen molar-refractivity contribution < 1.29 is 14.0 Å². The summed E-state index contributed by atoms with van der Waals surface area (Å²) in [4.78, 5) is 28.2. The van der Waals surface area contributed by atoms with Gasteiger partial charge in [-0.25, -0.2) is 4.79 Å². The van der Waals surface area contributed by atoms with Crippen LogP contribution in [0.5, 0.6) is 0 Å². The molecule has 2 saturated heterocycles. The van der Waals surface area contributed by atoms with E-state index in [2.05, 4.69) is 20.4 Å². The molecule has 3 rings (SSSR count). The molecule has 8 nitrogen and oxygen atoms in total. The van der Waals surface area contributed by atoms with Crippen LogP contribution in [0.3, 0.4) is 0 Å². The first kappa shape index (κ1) is 16.9. The van der Waals surface area contributed by atoms with Gasteiger partial charge in [-0.2, -0.15) is 0 Å². The average molecular weight is 335 g/mol. The number of aromatic nitrogens is 2. The molecular weight excluding hydrogens is 310 g/mol. The molecule has 3 amide bonds. The summed E-state index contributed by atoms with van der Waals surface area (Å²) in [6, 6.07) is -0.444. The summed E-state index contributed by atoms with van der Waals surface area (Å²) in [6.07, 6.45) is 0.598. The van der Waals surface area contributed by atoms with Gasteiger partial charge in [-0.15, -0.1) is 10.2 Å². The van der Waals surface area contributed by atoms with E-state index in [1.54, 1.807) is 0 Å². The number of hydrogen-bond acceptors (Lipinski definition) is 6. The topological polar surface area (TPSA) is 91.6 Å². The van der Waals surface area contributed by atoms with Gasteiger partial charge in [-0.1, -0.05) is 20.8 Å². The molecule has 1 atom stereocenters. The maximum absolute atomic E-state index is 12.7. The molecule has 8 heteroatoms. The lowest BCUT2D eigenvalue weighted by Gasteiger charge is -2.22. The van der Waals surface area contributed by atoms with Crippen molar-refractivity contribution in [3.05, 3.63) is 11.8 Å². The Morgan fingerprint density at radius 1 is 1.29 bits per heavy atom. The van der Waals surface area contributed by atoms with Crippen molar-refractivity contribution in [1.82, 2.24) is 25.3 Å². The van der Waals surface area contributed by atoms with Crippen LogP contribution < -0.4 is 5.32 Å². The highest BCUT2D eigenvalue weighted by molar-refractivity contribution is 6.07. The van der Waals surface area contributed by atoms with E-state index >= 15 is 0 Å². The number of urea groups is 1. The maximum atomic E-state index is 12.7. The van der Waals surface area contributed by atoms with E-state index in [9.17, 15) is 9.59 Å². The Balaban J connectivity index is 1.69. The predicted molar refractivity (Wildman–Crippen MR) is 86.1 cm³/mol. The van der Waals surface area contributed by atoms with Crippen molar-refractivity contribution in [1.29, 1.82) is 0 Å². The largest absolute Gasteiger partial charge is 0.423 e. The Morgan fingerprint density at radius 3 is 2.54 bits per heavy atom. The number of carbonyl (C=O) groups excluding carboxylic acids is 2. The van der Waals surface area contributed by atoms with Gasteiger partial charge in [0, 0.05) is 24.5 Å². The molecule has 1 N–H and O–H groups in total. The van der Waals surface area contributed by atoms with E-state index in [0.29, 0.717) is 37.8 Å². The van der Waals surface area contributed by atoms with Crippen LogP contribution in [0, 0.1) is 0 Å². The second kappa shape index (κ2) is 5.54. The highest BCUT2D eigenvalue weighted by Gasteiger charge is 2.55. The number of carbonyl (C=O) groups is 2. The lowest BCUT2D eigenvalue weighted by Crippen LogP contribution is -2.49. The van der Waals surface area contributed by atoms with Crippen LogP contribution in [0.4, 0.5) is 4.79 Å². The number of nitrogens with one attached hydrogen (secondary N) is 1. The molecule has 24 heavy (non-hydrogen) atoms. The summed E-state index contributed by atoms with van der Waals surface area (Å²) in [5.41, 5.74) is -1.00. The van der Waals surface area contributed by atoms with Gasteiger partial charge in [0.2, 0.25) is 11.8 Å². The number of imide groups is 1. The lowest BCUT2D eigenvalue weighted by molar-refractivity contribution is -0.132. The first-order valence-corrected chi connectivity index (χ1v) is 8.33. The van der Waals surface area contributed by atoms with Gasteiger partial charge < -0.3 is 9.73 Å². The van der Waals surface area contributed by atoms with Crippen LogP contribution in [0.1, 0.15) is 52.8 Å². The standard InChI is InChI=1S/C16H25N5O3/c1-10(2)21-13(22)16(17-14(21)23)6-7-20(9-16)8-11-18-19-12(24-11)15(3,4)5/h10H,6-9H2,1-5H3,(H,17,23)/t16-/m1/s1. The minimum Gasteiger partial charge on any atom is -0.423 e. The smallest absolute Gasteiger partial charge is 0.325 e. The van der Waals surface area contributed by atoms with Gasteiger partial charge in [-0.05, 0) is 20.3 Å². The van der Waals surface area contributed by atoms with Gasteiger partial charge in [-0.3, -0.25) is 14.6 Å². The van der Waals surface area contributed by atoms with Gasteiger partial charge in [0.15, 0.2) is 0 Å². The third-order valence-corrected chi connectivity index (χ3v) is 4.53. The molecule has 2 fully saturated rings. The Labute approximate surface area is 141 Å². The highest BCUT2D eigenvalue weighted by atomic mass is 16.4. The van der Waals surface area contributed by atoms with Crippen LogP contribution in [-0.4, -0.2) is 56.6 Å². The third-order valence-electron chi connectivity index (χ3n) is 4.53. The molecule has 0 aromatic carbocycles. The van der Waals surface area contributed by atoms with E-state index < -0.39 is 5.54 Å². The number of likely N-dealkylation sites (tertiary alicyclic amines) is 1. The van der Waals surface area contributed by atoms with Crippen LogP contribution in [-0.2, 0) is 16.8 Å². The molecule has 0 bridgehead atoms. The van der Waals surface area contributed by atoms with E-state index in [-0.39, 0.29) is 23.4 Å². The number of nitrogens with zero attached hydrogens (tertiary/aromatic N) is 4. The van der Waals surface area contributed by atoms with Crippen molar-refractivity contribution in [3.63, 3.8) is 0 Å². The zero-order valence-electron chi connectivity index (χ0n) is 14.9. The second-order valence-electron chi connectivity index (χ2n) is 7.99. The monoisotopic (exact) mass is 335 g/mol. The molecule has 0 saturated carbocycles. The molecule has 1 aromatic heterocycles. The van der Waals surface area contributed by atoms with Crippen LogP contribution in [0.15, 0.2) is 4.42 Å². The summed E-state index contributed by atoms with van der Waals surface area (Å²) >= 11 is 0. The molecule has 1 spiro atoms. The Hall–Kier alpha value is -1.96. The van der Waals surface area contributed by atoms with E-state index in [4.69, 9.17) is 4.42 Å². The summed E-state index contributed by atoms with van der Waals surface area (Å²) in [6.45, 7) is 11.4. The molecule has 3 heterocycles. The highest BCUT2D eigenvalue weighted by Crippen LogP contribution is 2.30. The first-order valence-electron chi connectivity index (χ1n) is 8.33. The predicted octanol–water partition coefficient (Wildman–Crippen LogP) is 1.27. The minimum atomic E-state index is -0.811. The van der Waals surface area contributed by atoms with Crippen LogP contribution in [0.2, 0.25) is 0 Å². The van der Waals surface area contributed by atoms with E-state index in [1.807, 2.05) is 34.6 Å². The fourth-order valence-electron chi connectivity index (χ4n) is 3.22. The third kappa shape index (κ3) is 2.79. The van der Waals surface area contributed by atoms with Crippen LogP contribution in [0.25, 0.3) is 0 Å². The Bertz CT molecular complexity index is 663. The van der Waals surface area contributed by atoms with Crippen molar-refractivity contribution in [3.8, 4) is 0 Å².